The Bertz CT molecular complexity index is 1090. The van der Waals surface area contributed by atoms with E-state index in [1.807, 2.05) is 13.8 Å². The monoisotopic (exact) mass is 446 g/mol. The van der Waals surface area contributed by atoms with Crippen LogP contribution < -0.4 is 4.90 Å². The number of ether oxygens (including phenoxy) is 2. The van der Waals surface area contributed by atoms with E-state index >= 15 is 0 Å². The molecule has 0 amide bonds. The molecule has 0 fully saturated rings. The van der Waals surface area contributed by atoms with Crippen LogP contribution >= 0.6 is 0 Å². The molecule has 0 N–H and O–H groups in total. The highest BCUT2D eigenvalue weighted by Gasteiger charge is 2.37. The first-order valence-electron chi connectivity index (χ1n) is 10.5. The van der Waals surface area contributed by atoms with Gasteiger partial charge in [0.2, 0.25) is 0 Å². The Morgan fingerprint density at radius 1 is 1.12 bits per heavy atom. The average molecular weight is 446 g/mol. The van der Waals surface area contributed by atoms with Crippen LogP contribution in [-0.4, -0.2) is 35.8 Å². The lowest BCUT2D eigenvalue weighted by Gasteiger charge is -2.30. The summed E-state index contributed by atoms with van der Waals surface area (Å²) in [7, 11) is 1.69. The van der Waals surface area contributed by atoms with Crippen LogP contribution in [0.15, 0.2) is 30.5 Å². The van der Waals surface area contributed by atoms with Crippen molar-refractivity contribution in [3.63, 3.8) is 0 Å². The van der Waals surface area contributed by atoms with Gasteiger partial charge < -0.3 is 18.9 Å². The molecule has 172 valence electrons. The largest absolute Gasteiger partial charge is 0.461 e. The molecule has 0 radical (unpaired) electrons. The summed E-state index contributed by atoms with van der Waals surface area (Å²) in [4.78, 5) is 27.3. The molecule has 2 aromatic rings. The van der Waals surface area contributed by atoms with Crippen molar-refractivity contribution in [3.05, 3.63) is 59.1 Å². The summed E-state index contributed by atoms with van der Waals surface area (Å²) < 4.78 is 39.8. The summed E-state index contributed by atoms with van der Waals surface area (Å²) in [5.41, 5.74) is 1.62. The van der Waals surface area contributed by atoms with Crippen molar-refractivity contribution in [1.29, 1.82) is 0 Å². The van der Waals surface area contributed by atoms with Gasteiger partial charge in [-0.1, -0.05) is 13.8 Å². The van der Waals surface area contributed by atoms with E-state index in [1.165, 1.54) is 6.07 Å². The van der Waals surface area contributed by atoms with Gasteiger partial charge in [0.25, 0.3) is 0 Å². The molecule has 8 heteroatoms. The van der Waals surface area contributed by atoms with E-state index in [1.54, 1.807) is 49.6 Å². The predicted octanol–water partition coefficient (Wildman–Crippen LogP) is 4.57. The molecule has 0 aliphatic carbocycles. The van der Waals surface area contributed by atoms with E-state index in [4.69, 9.17) is 9.47 Å². The molecule has 1 aliphatic heterocycles. The molecule has 1 aromatic carbocycles. The minimum absolute atomic E-state index is 0.210. The van der Waals surface area contributed by atoms with Crippen LogP contribution in [0.25, 0.3) is 5.57 Å². The van der Waals surface area contributed by atoms with Crippen molar-refractivity contribution in [2.24, 2.45) is 7.05 Å². The van der Waals surface area contributed by atoms with Gasteiger partial charge in [0.05, 0.1) is 24.0 Å². The number of aromatic nitrogens is 1. The molecule has 0 unspecified atom stereocenters. The molecule has 2 heterocycles. The number of fused-ring (bicyclic) bond motifs is 1. The molecular formula is C24H28F2N2O4. The summed E-state index contributed by atoms with van der Waals surface area (Å²) in [6.07, 6.45) is 1.20. The van der Waals surface area contributed by atoms with Crippen molar-refractivity contribution in [2.75, 3.05) is 18.1 Å². The summed E-state index contributed by atoms with van der Waals surface area (Å²) in [5, 5.41) is 0. The lowest BCUT2D eigenvalue weighted by Crippen LogP contribution is -2.33. The third kappa shape index (κ3) is 4.40. The molecule has 0 saturated heterocycles. The van der Waals surface area contributed by atoms with Crippen LogP contribution in [0, 0.1) is 11.6 Å². The molecule has 0 saturated carbocycles. The second-order valence-electron chi connectivity index (χ2n) is 8.68. The normalized spacial score (nSPS) is 15.2. The van der Waals surface area contributed by atoms with Gasteiger partial charge in [-0.25, -0.2) is 18.4 Å². The van der Waals surface area contributed by atoms with Crippen LogP contribution in [0.3, 0.4) is 0 Å². The van der Waals surface area contributed by atoms with Gasteiger partial charge in [-0.05, 0) is 44.5 Å². The minimum atomic E-state index is -0.980. The Balaban J connectivity index is 2.23. The predicted molar refractivity (Wildman–Crippen MR) is 117 cm³/mol. The van der Waals surface area contributed by atoms with Gasteiger partial charge in [-0.2, -0.15) is 0 Å². The van der Waals surface area contributed by atoms with Crippen molar-refractivity contribution < 1.29 is 27.8 Å². The first-order valence-corrected chi connectivity index (χ1v) is 10.5. The summed E-state index contributed by atoms with van der Waals surface area (Å²) >= 11 is 0. The number of carbonyl (C=O) groups excluding carboxylic acids is 2. The highest BCUT2D eigenvalue weighted by atomic mass is 19.2. The quantitative estimate of drug-likeness (QED) is 0.630. The Morgan fingerprint density at radius 2 is 1.81 bits per heavy atom. The smallest absolute Gasteiger partial charge is 0.354 e. The zero-order valence-electron chi connectivity index (χ0n) is 19.2. The molecule has 32 heavy (non-hydrogen) atoms. The molecular weight excluding hydrogens is 418 g/mol. The molecule has 6 nitrogen and oxygen atoms in total. The van der Waals surface area contributed by atoms with Gasteiger partial charge in [0.1, 0.15) is 5.69 Å². The van der Waals surface area contributed by atoms with Crippen LogP contribution in [0.5, 0.6) is 0 Å². The van der Waals surface area contributed by atoms with Crippen molar-refractivity contribution >= 4 is 23.2 Å². The number of hydrogen-bond donors (Lipinski definition) is 0. The van der Waals surface area contributed by atoms with Gasteiger partial charge in [0, 0.05) is 37.0 Å². The maximum atomic E-state index is 14.0. The summed E-state index contributed by atoms with van der Waals surface area (Å²) in [6, 6.07) is 5.32. The zero-order valence-corrected chi connectivity index (χ0v) is 19.2. The Morgan fingerprint density at radius 3 is 2.41 bits per heavy atom. The van der Waals surface area contributed by atoms with Crippen molar-refractivity contribution in [3.8, 4) is 0 Å². The lowest BCUT2D eigenvalue weighted by atomic mass is 9.83. The van der Waals surface area contributed by atoms with E-state index in [0.717, 1.165) is 17.7 Å². The standard InChI is InChI=1S/C24H28F2N2O4/c1-7-31-23(30)20-11-17-21(27(20)6)16(22(29)32-14(2)3)12-28(13-24(17,4)5)15-8-9-18(25)19(26)10-15/h8-12,14H,7,13H2,1-6H3. The third-order valence-corrected chi connectivity index (χ3v) is 5.35. The second-order valence-corrected chi connectivity index (χ2v) is 8.68. The fraction of sp³-hybridized carbons (Fsp3) is 0.417. The number of halogens is 2. The van der Waals surface area contributed by atoms with Crippen LogP contribution in [-0.2, 0) is 26.7 Å². The van der Waals surface area contributed by atoms with E-state index in [2.05, 4.69) is 0 Å². The lowest BCUT2D eigenvalue weighted by molar-refractivity contribution is -0.140. The Hall–Kier alpha value is -3.16. The summed E-state index contributed by atoms with van der Waals surface area (Å²) in [6.45, 7) is 9.68. The topological polar surface area (TPSA) is 60.8 Å². The van der Waals surface area contributed by atoms with Gasteiger partial charge in [-0.15, -0.1) is 0 Å². The maximum Gasteiger partial charge on any atom is 0.354 e. The Kier molecular flexibility index (Phi) is 6.44. The fourth-order valence-corrected chi connectivity index (χ4v) is 3.88. The molecule has 1 aliphatic rings. The van der Waals surface area contributed by atoms with Crippen LogP contribution in [0.4, 0.5) is 14.5 Å². The number of rotatable bonds is 5. The molecule has 0 atom stereocenters. The third-order valence-electron chi connectivity index (χ3n) is 5.35. The second kappa shape index (κ2) is 8.76. The first kappa shape index (κ1) is 23.5. The van der Waals surface area contributed by atoms with Crippen molar-refractivity contribution in [1.82, 2.24) is 4.57 Å². The summed E-state index contributed by atoms with van der Waals surface area (Å²) in [5.74, 6) is -3.00. The number of nitrogens with zero attached hydrogens (tertiary/aromatic N) is 2. The highest BCUT2D eigenvalue weighted by Crippen LogP contribution is 2.39. The Labute approximate surface area is 186 Å². The SMILES string of the molecule is CCOC(=O)c1cc2c(n1C)C(C(=O)OC(C)C)=CN(c1ccc(F)c(F)c1)CC2(C)C. The van der Waals surface area contributed by atoms with Gasteiger partial charge >= 0.3 is 11.9 Å². The first-order chi connectivity index (χ1) is 15.0. The number of anilines is 1. The minimum Gasteiger partial charge on any atom is -0.461 e. The number of benzene rings is 1. The van der Waals surface area contributed by atoms with E-state index in [9.17, 15) is 18.4 Å². The number of hydrogen-bond acceptors (Lipinski definition) is 5. The number of esters is 2. The van der Waals surface area contributed by atoms with E-state index in [-0.39, 0.29) is 18.3 Å². The number of carbonyl (C=O) groups is 2. The molecule has 0 bridgehead atoms. The zero-order chi connectivity index (χ0) is 23.8. The average Bonchev–Trinajstić information content (AvgIpc) is 2.98. The highest BCUT2D eigenvalue weighted by molar-refractivity contribution is 6.17. The van der Waals surface area contributed by atoms with E-state index in [0.29, 0.717) is 23.6 Å². The maximum absolute atomic E-state index is 14.0. The van der Waals surface area contributed by atoms with Gasteiger partial charge in [0.15, 0.2) is 11.6 Å². The van der Waals surface area contributed by atoms with Gasteiger partial charge in [-0.3, -0.25) is 0 Å². The molecule has 0 spiro atoms. The van der Waals surface area contributed by atoms with Crippen LogP contribution in [0.2, 0.25) is 0 Å². The van der Waals surface area contributed by atoms with E-state index < -0.39 is 29.0 Å². The van der Waals surface area contributed by atoms with Crippen molar-refractivity contribution in [2.45, 2.75) is 46.1 Å². The van der Waals surface area contributed by atoms with Crippen LogP contribution in [0.1, 0.15) is 56.4 Å². The fourth-order valence-electron chi connectivity index (χ4n) is 3.88. The molecule has 1 aromatic heterocycles. The molecule has 3 rings (SSSR count).